The van der Waals surface area contributed by atoms with Crippen molar-refractivity contribution >= 4 is 0 Å². The Morgan fingerprint density at radius 2 is 1.88 bits per heavy atom. The minimum Gasteiger partial charge on any atom is -0.256 e. The highest BCUT2D eigenvalue weighted by atomic mass is 15.5. The number of tetrazole rings is 1. The van der Waals surface area contributed by atoms with E-state index in [2.05, 4.69) is 44.4 Å². The molecule has 8 nitrogen and oxygen atoms in total. The number of aromatic amines is 1. The first-order valence-electron chi connectivity index (χ1n) is 12.5. The van der Waals surface area contributed by atoms with Crippen LogP contribution >= 0.6 is 0 Å². The predicted octanol–water partition coefficient (Wildman–Crippen LogP) is 5.03. The van der Waals surface area contributed by atoms with Crippen LogP contribution in [0.3, 0.4) is 0 Å². The monoisotopic (exact) mass is 456 g/mol. The Hall–Kier alpha value is -3.42. The number of hydrogen-bond donors (Lipinski definition) is 1. The Kier molecular flexibility index (Phi) is 7.02. The van der Waals surface area contributed by atoms with E-state index in [4.69, 9.17) is 15.1 Å². The molecule has 1 saturated carbocycles. The van der Waals surface area contributed by atoms with E-state index in [9.17, 15) is 0 Å². The van der Waals surface area contributed by atoms with Crippen molar-refractivity contribution in [2.75, 3.05) is 0 Å². The Morgan fingerprint density at radius 1 is 1.03 bits per heavy atom. The number of aryl methyl sites for hydroxylation is 1. The van der Waals surface area contributed by atoms with Crippen LogP contribution in [-0.2, 0) is 19.4 Å². The maximum absolute atomic E-state index is 4.98. The van der Waals surface area contributed by atoms with Crippen LogP contribution in [0.1, 0.15) is 69.1 Å². The lowest BCUT2D eigenvalue weighted by Crippen LogP contribution is -2.10. The van der Waals surface area contributed by atoms with Crippen molar-refractivity contribution in [2.45, 2.75) is 71.3 Å². The molecule has 0 spiro atoms. The Labute approximate surface area is 200 Å². The summed E-state index contributed by atoms with van der Waals surface area (Å²) < 4.78 is 2.13. The van der Waals surface area contributed by atoms with E-state index in [0.717, 1.165) is 72.2 Å². The largest absolute Gasteiger partial charge is 0.256 e. The van der Waals surface area contributed by atoms with Crippen LogP contribution in [0.5, 0.6) is 0 Å². The molecule has 0 amide bonds. The van der Waals surface area contributed by atoms with Crippen LogP contribution in [0.2, 0.25) is 0 Å². The summed E-state index contributed by atoms with van der Waals surface area (Å²) in [5.74, 6) is 3.36. The van der Waals surface area contributed by atoms with Gasteiger partial charge in [-0.3, -0.25) is 4.98 Å². The van der Waals surface area contributed by atoms with Crippen molar-refractivity contribution in [2.24, 2.45) is 5.92 Å². The molecule has 8 heteroatoms. The minimum absolute atomic E-state index is 0.566. The Bertz CT molecular complexity index is 1170. The number of H-pyrrole nitrogens is 1. The summed E-state index contributed by atoms with van der Waals surface area (Å²) in [5.41, 5.74) is 3.91. The van der Waals surface area contributed by atoms with Crippen LogP contribution in [0.15, 0.2) is 42.6 Å². The summed E-state index contributed by atoms with van der Waals surface area (Å²) >= 11 is 0. The first-order chi connectivity index (χ1) is 16.8. The number of pyridine rings is 1. The van der Waals surface area contributed by atoms with Gasteiger partial charge in [0, 0.05) is 36.7 Å². The topological polar surface area (TPSA) is 98.1 Å². The third-order valence-electron chi connectivity index (χ3n) is 6.69. The first kappa shape index (κ1) is 22.4. The fourth-order valence-corrected chi connectivity index (χ4v) is 4.83. The van der Waals surface area contributed by atoms with E-state index >= 15 is 0 Å². The van der Waals surface area contributed by atoms with Gasteiger partial charge in [0.05, 0.1) is 5.69 Å². The van der Waals surface area contributed by atoms with Gasteiger partial charge in [-0.2, -0.15) is 10.3 Å². The van der Waals surface area contributed by atoms with Crippen molar-refractivity contribution < 1.29 is 0 Å². The molecule has 1 N–H and O–H groups in total. The fraction of sp³-hybridized carbons (Fsp3) is 0.462. The standard InChI is InChI=1S/C26H32N8/c1-2-3-15-34-25(28-24(31-34)16-19-9-5-4-6-10-19)17-20-13-14-23(27-18-20)21-11-7-8-12-22(21)26-29-32-33-30-26/h7-8,11-14,18-19H,2-6,9-10,15-17H2,1H3,(H,29,30,32,33). The van der Waals surface area contributed by atoms with E-state index in [0.29, 0.717) is 5.82 Å². The van der Waals surface area contributed by atoms with Gasteiger partial charge < -0.3 is 0 Å². The zero-order valence-electron chi connectivity index (χ0n) is 19.8. The van der Waals surface area contributed by atoms with E-state index in [1.165, 1.54) is 32.1 Å². The minimum atomic E-state index is 0.566. The highest BCUT2D eigenvalue weighted by Gasteiger charge is 2.18. The average molecular weight is 457 g/mol. The molecule has 0 bridgehead atoms. The lowest BCUT2D eigenvalue weighted by atomic mass is 9.87. The van der Waals surface area contributed by atoms with Gasteiger partial charge in [0.25, 0.3) is 0 Å². The third-order valence-corrected chi connectivity index (χ3v) is 6.69. The smallest absolute Gasteiger partial charge is 0.205 e. The number of hydrogen-bond acceptors (Lipinski definition) is 6. The normalized spacial score (nSPS) is 14.5. The SMILES string of the molecule is CCCCn1nc(CC2CCCCC2)nc1Cc1ccc(-c2ccccc2-c2nn[nH]n2)nc1. The summed E-state index contributed by atoms with van der Waals surface area (Å²) in [5, 5.41) is 19.4. The third kappa shape index (κ3) is 5.21. The average Bonchev–Trinajstić information content (AvgIpc) is 3.54. The molecule has 1 aliphatic rings. The van der Waals surface area contributed by atoms with Crippen molar-refractivity contribution in [1.29, 1.82) is 0 Å². The van der Waals surface area contributed by atoms with Gasteiger partial charge in [-0.15, -0.1) is 10.2 Å². The van der Waals surface area contributed by atoms with Crippen LogP contribution in [0.25, 0.3) is 22.6 Å². The lowest BCUT2D eigenvalue weighted by Gasteiger charge is -2.19. The quantitative estimate of drug-likeness (QED) is 0.379. The molecule has 0 saturated heterocycles. The molecule has 0 aliphatic heterocycles. The summed E-state index contributed by atoms with van der Waals surface area (Å²) in [4.78, 5) is 9.74. The molecule has 4 aromatic rings. The second-order valence-electron chi connectivity index (χ2n) is 9.24. The molecule has 3 heterocycles. The molecule has 0 unspecified atom stereocenters. The van der Waals surface area contributed by atoms with Crippen LogP contribution in [0.4, 0.5) is 0 Å². The molecule has 5 rings (SSSR count). The highest BCUT2D eigenvalue weighted by Crippen LogP contribution is 2.29. The molecule has 0 atom stereocenters. The summed E-state index contributed by atoms with van der Waals surface area (Å²) in [6.45, 7) is 3.14. The van der Waals surface area contributed by atoms with Crippen molar-refractivity contribution in [3.8, 4) is 22.6 Å². The van der Waals surface area contributed by atoms with Crippen molar-refractivity contribution in [3.63, 3.8) is 0 Å². The fourth-order valence-electron chi connectivity index (χ4n) is 4.83. The van der Waals surface area contributed by atoms with E-state index in [1.807, 2.05) is 30.5 Å². The molecule has 1 aliphatic carbocycles. The van der Waals surface area contributed by atoms with Gasteiger partial charge in [-0.05, 0) is 29.2 Å². The molecule has 176 valence electrons. The molecule has 1 aromatic carbocycles. The van der Waals surface area contributed by atoms with Gasteiger partial charge in [0.2, 0.25) is 5.82 Å². The number of rotatable bonds is 9. The van der Waals surface area contributed by atoms with Gasteiger partial charge in [-0.25, -0.2) is 9.67 Å². The van der Waals surface area contributed by atoms with Gasteiger partial charge >= 0.3 is 0 Å². The molecule has 1 fully saturated rings. The number of unbranched alkanes of at least 4 members (excludes halogenated alkanes) is 1. The molecular formula is C26H32N8. The summed E-state index contributed by atoms with van der Waals surface area (Å²) in [7, 11) is 0. The van der Waals surface area contributed by atoms with Crippen molar-refractivity contribution in [1.82, 2.24) is 40.4 Å². The van der Waals surface area contributed by atoms with Gasteiger partial charge in [0.15, 0.2) is 5.82 Å². The van der Waals surface area contributed by atoms with Crippen LogP contribution in [0, 0.1) is 5.92 Å². The second kappa shape index (κ2) is 10.7. The Balaban J connectivity index is 1.34. The lowest BCUT2D eigenvalue weighted by molar-refractivity contribution is 0.351. The predicted molar refractivity (Wildman–Crippen MR) is 131 cm³/mol. The highest BCUT2D eigenvalue weighted by molar-refractivity contribution is 5.78. The van der Waals surface area contributed by atoms with Crippen molar-refractivity contribution in [3.05, 3.63) is 59.8 Å². The van der Waals surface area contributed by atoms with E-state index < -0.39 is 0 Å². The first-order valence-corrected chi connectivity index (χ1v) is 12.5. The molecular weight excluding hydrogens is 424 g/mol. The summed E-state index contributed by atoms with van der Waals surface area (Å²) in [6.07, 6.45) is 12.7. The molecule has 3 aromatic heterocycles. The Morgan fingerprint density at radius 3 is 2.62 bits per heavy atom. The van der Waals surface area contributed by atoms with E-state index in [-0.39, 0.29) is 0 Å². The number of nitrogens with zero attached hydrogens (tertiary/aromatic N) is 7. The zero-order valence-corrected chi connectivity index (χ0v) is 19.8. The van der Waals surface area contributed by atoms with E-state index in [1.54, 1.807) is 0 Å². The van der Waals surface area contributed by atoms with Gasteiger partial charge in [0.1, 0.15) is 5.82 Å². The molecule has 34 heavy (non-hydrogen) atoms. The molecule has 0 radical (unpaired) electrons. The number of aromatic nitrogens is 8. The summed E-state index contributed by atoms with van der Waals surface area (Å²) in [6, 6.07) is 12.2. The zero-order chi connectivity index (χ0) is 23.2. The number of benzene rings is 1. The maximum atomic E-state index is 4.98. The maximum Gasteiger partial charge on any atom is 0.205 e. The van der Waals surface area contributed by atoms with Crippen LogP contribution < -0.4 is 0 Å². The number of nitrogens with one attached hydrogen (secondary N) is 1. The second-order valence-corrected chi connectivity index (χ2v) is 9.24. The van der Waals surface area contributed by atoms with Crippen LogP contribution in [-0.4, -0.2) is 40.4 Å². The van der Waals surface area contributed by atoms with Gasteiger partial charge in [-0.1, -0.05) is 75.8 Å².